The predicted octanol–water partition coefficient (Wildman–Crippen LogP) is 1.70. The predicted molar refractivity (Wildman–Crippen MR) is 92.6 cm³/mol. The molecule has 0 heterocycles. The van der Waals surface area contributed by atoms with E-state index in [1.165, 1.54) is 24.3 Å². The van der Waals surface area contributed by atoms with Crippen LogP contribution in [-0.4, -0.2) is 8.42 Å². The van der Waals surface area contributed by atoms with Gasteiger partial charge in [0.25, 0.3) is 16.1 Å². The molecule has 140 valence electrons. The van der Waals surface area contributed by atoms with Gasteiger partial charge in [0.05, 0.1) is 4.90 Å². The summed E-state index contributed by atoms with van der Waals surface area (Å²) in [6.45, 7) is 6.00. The quantitative estimate of drug-likeness (QED) is 0.401. The van der Waals surface area contributed by atoms with E-state index >= 15 is 0 Å². The zero-order valence-electron chi connectivity index (χ0n) is 14.1. The van der Waals surface area contributed by atoms with Crippen molar-refractivity contribution in [2.75, 3.05) is 0 Å². The molecule has 0 saturated heterocycles. The Labute approximate surface area is 199 Å². The molecule has 0 aliphatic heterocycles. The van der Waals surface area contributed by atoms with Gasteiger partial charge in [-0.15, -0.1) is 13.2 Å². The Morgan fingerprint density at radius 2 is 1.56 bits per heavy atom. The van der Waals surface area contributed by atoms with Gasteiger partial charge in [-0.25, -0.2) is 16.6 Å². The maximum Gasteiger partial charge on any atom is 1.00 e. The van der Waals surface area contributed by atoms with E-state index in [9.17, 15) is 25.8 Å². The Hall–Kier alpha value is -0.954. The summed E-state index contributed by atoms with van der Waals surface area (Å²) in [5.41, 5.74) is 0.184. The number of nitrogens with zero attached hydrogens (tertiary/aromatic N) is 1. The fourth-order valence-corrected chi connectivity index (χ4v) is 3.44. The first-order valence-electron chi connectivity index (χ1n) is 6.73. The Balaban J connectivity index is 0.00000218. The minimum absolute atomic E-state index is 0. The average molecular weight is 444 g/mol. The minimum atomic E-state index is -4.30. The van der Waals surface area contributed by atoms with Crippen LogP contribution in [0.15, 0.2) is 76.4 Å². The Kier molecular flexibility index (Phi) is 12.1. The van der Waals surface area contributed by atoms with Crippen LogP contribution in [0.4, 0.5) is 13.2 Å². The maximum atomic E-state index is 12.8. The monoisotopic (exact) mass is 443 g/mol. The van der Waals surface area contributed by atoms with E-state index < -0.39 is 32.8 Å². The van der Waals surface area contributed by atoms with E-state index in [1.807, 2.05) is 0 Å². The minimum Gasteiger partial charge on any atom is -0.546 e. The summed E-state index contributed by atoms with van der Waals surface area (Å²) in [5, 5.41) is 0. The van der Waals surface area contributed by atoms with Gasteiger partial charge in [0.1, 0.15) is 11.6 Å². The topological polar surface area (TPSA) is 72.8 Å². The first kappa shape index (κ1) is 26.0. The average Bonchev–Trinajstić information content (AvgIpc) is 2.58. The van der Waals surface area contributed by atoms with Crippen LogP contribution in [0.2, 0.25) is 0 Å². The third-order valence-corrected chi connectivity index (χ3v) is 5.07. The summed E-state index contributed by atoms with van der Waals surface area (Å²) in [7, 11) is -6.88. The van der Waals surface area contributed by atoms with Gasteiger partial charge in [-0.1, -0.05) is 12.1 Å². The molecule has 0 saturated carbocycles. The fourth-order valence-electron chi connectivity index (χ4n) is 1.57. The molecule has 2 aromatic carbocycles. The Morgan fingerprint density at radius 3 is 2.04 bits per heavy atom. The molecule has 0 aliphatic carbocycles. The summed E-state index contributed by atoms with van der Waals surface area (Å²) >= 11 is 0. The molecule has 0 spiro atoms. The summed E-state index contributed by atoms with van der Waals surface area (Å²) in [6, 6.07) is 8.76. The van der Waals surface area contributed by atoms with Crippen molar-refractivity contribution in [2.24, 2.45) is 3.77 Å². The van der Waals surface area contributed by atoms with Crippen LogP contribution in [-0.2, 0) is 25.1 Å². The number of hydrogen-bond acceptors (Lipinski definition) is 5. The van der Waals surface area contributed by atoms with E-state index in [4.69, 9.17) is 4.18 Å². The van der Waals surface area contributed by atoms with Crippen molar-refractivity contribution in [3.63, 3.8) is 0 Å². The van der Waals surface area contributed by atoms with Crippen molar-refractivity contribution < 1.29 is 81.4 Å². The SMILES string of the molecule is C=C.O=[S-](=NS(=O)(=O)c1ccc(F)cc1)Oc1ccc(C=C(F)F)cc1.[K+]. The number of benzene rings is 2. The van der Waals surface area contributed by atoms with Crippen molar-refractivity contribution >= 4 is 27.0 Å². The first-order chi connectivity index (χ1) is 12.3. The van der Waals surface area contributed by atoms with Gasteiger partial charge in [-0.05, 0) is 42.0 Å². The second-order valence-corrected chi connectivity index (χ2v) is 6.93. The standard InChI is InChI=1S/C14H9F3NO4S2.C2H4.K/c15-11-3-7-13(8-4-11)24(20,21)18-23(19)22-12-5-1-10(2-6-12)9-14(16)17;1-2;/h1-9H;1-2H2;/q-1;;+1. The Morgan fingerprint density at radius 1 is 1.04 bits per heavy atom. The molecule has 0 bridgehead atoms. The largest absolute Gasteiger partial charge is 1.00 e. The van der Waals surface area contributed by atoms with E-state index in [-0.39, 0.29) is 67.6 Å². The van der Waals surface area contributed by atoms with Crippen LogP contribution in [0.5, 0.6) is 5.75 Å². The summed E-state index contributed by atoms with van der Waals surface area (Å²) in [5.74, 6) is -0.659. The summed E-state index contributed by atoms with van der Waals surface area (Å²) in [6.07, 6.45) is -1.27. The van der Waals surface area contributed by atoms with Crippen molar-refractivity contribution in [3.8, 4) is 5.75 Å². The molecule has 0 fully saturated rings. The third kappa shape index (κ3) is 9.19. The summed E-state index contributed by atoms with van der Waals surface area (Å²) in [4.78, 5) is -0.347. The molecular formula is C16H13F3KNO4S2. The van der Waals surface area contributed by atoms with E-state index in [1.54, 1.807) is 0 Å². The molecule has 11 heteroatoms. The molecule has 0 aromatic heterocycles. The van der Waals surface area contributed by atoms with Gasteiger partial charge in [-0.2, -0.15) is 8.78 Å². The van der Waals surface area contributed by atoms with Crippen molar-refractivity contribution in [1.82, 2.24) is 0 Å². The molecular weight excluding hydrogens is 430 g/mol. The zero-order valence-corrected chi connectivity index (χ0v) is 18.9. The van der Waals surface area contributed by atoms with Gasteiger partial charge >= 0.3 is 51.4 Å². The number of sulfonamides is 1. The molecule has 5 nitrogen and oxygen atoms in total. The van der Waals surface area contributed by atoms with E-state index in [2.05, 4.69) is 16.9 Å². The van der Waals surface area contributed by atoms with Crippen molar-refractivity contribution in [1.29, 1.82) is 0 Å². The molecule has 0 aliphatic rings. The van der Waals surface area contributed by atoms with Crippen LogP contribution in [0.25, 0.3) is 6.08 Å². The van der Waals surface area contributed by atoms with Gasteiger partial charge in [0.15, 0.2) is 0 Å². The molecule has 0 N–H and O–H groups in total. The van der Waals surface area contributed by atoms with Crippen molar-refractivity contribution in [3.05, 3.63) is 79.2 Å². The van der Waals surface area contributed by atoms with E-state index in [0.29, 0.717) is 6.08 Å². The van der Waals surface area contributed by atoms with Crippen LogP contribution >= 0.6 is 0 Å². The molecule has 0 unspecified atom stereocenters. The molecule has 27 heavy (non-hydrogen) atoms. The van der Waals surface area contributed by atoms with Gasteiger partial charge in [-0.3, -0.25) is 0 Å². The van der Waals surface area contributed by atoms with Gasteiger partial charge in [0, 0.05) is 17.0 Å². The third-order valence-electron chi connectivity index (χ3n) is 2.59. The van der Waals surface area contributed by atoms with Gasteiger partial charge in [0.2, 0.25) is 0 Å². The van der Waals surface area contributed by atoms with Crippen LogP contribution < -0.4 is 55.6 Å². The molecule has 0 amide bonds. The molecule has 0 atom stereocenters. The summed E-state index contributed by atoms with van der Waals surface area (Å²) < 4.78 is 80.2. The van der Waals surface area contributed by atoms with Crippen LogP contribution in [0, 0.1) is 5.82 Å². The number of hydrogen-bond donors (Lipinski definition) is 0. The molecule has 0 radical (unpaired) electrons. The van der Waals surface area contributed by atoms with Crippen LogP contribution in [0.1, 0.15) is 5.56 Å². The second kappa shape index (κ2) is 12.5. The van der Waals surface area contributed by atoms with Crippen LogP contribution in [0.3, 0.4) is 0 Å². The molecule has 2 aromatic rings. The Bertz CT molecular complexity index is 952. The number of halogens is 3. The van der Waals surface area contributed by atoms with E-state index in [0.717, 1.165) is 24.3 Å². The first-order valence-corrected chi connectivity index (χ1v) is 9.20. The smallest absolute Gasteiger partial charge is 0.546 e. The maximum absolute atomic E-state index is 12.8. The fraction of sp³-hybridized carbons (Fsp3) is 0. The normalized spacial score (nSPS) is 11.4. The second-order valence-electron chi connectivity index (χ2n) is 4.31. The zero-order chi connectivity index (χ0) is 19.7. The van der Waals surface area contributed by atoms with Gasteiger partial charge < -0.3 is 8.39 Å². The molecule has 2 rings (SSSR count). The van der Waals surface area contributed by atoms with Crippen molar-refractivity contribution in [2.45, 2.75) is 4.90 Å². The number of rotatable bonds is 5.